The number of nitrogens with one attached hydrogen (secondary N) is 3. The van der Waals surface area contributed by atoms with Gasteiger partial charge >= 0.3 is 0 Å². The molecule has 0 fully saturated rings. The maximum atomic E-state index is 12.3. The van der Waals surface area contributed by atoms with Crippen molar-refractivity contribution < 1.29 is 9.59 Å². The van der Waals surface area contributed by atoms with Gasteiger partial charge in [0.2, 0.25) is 11.8 Å². The van der Waals surface area contributed by atoms with Crippen LogP contribution in [0.5, 0.6) is 0 Å². The van der Waals surface area contributed by atoms with Crippen molar-refractivity contribution in [2.45, 2.75) is 26.2 Å². The molecule has 26 heavy (non-hydrogen) atoms. The number of anilines is 2. The molecule has 3 rings (SSSR count). The van der Waals surface area contributed by atoms with E-state index in [2.05, 4.69) is 21.7 Å². The molecule has 3 aromatic rings. The van der Waals surface area contributed by atoms with Crippen molar-refractivity contribution in [3.05, 3.63) is 59.2 Å². The summed E-state index contributed by atoms with van der Waals surface area (Å²) in [6, 6.07) is 13.1. The third-order valence-corrected chi connectivity index (χ3v) is 4.33. The van der Waals surface area contributed by atoms with Crippen molar-refractivity contribution in [2.75, 3.05) is 10.6 Å². The fourth-order valence-electron chi connectivity index (χ4n) is 2.91. The summed E-state index contributed by atoms with van der Waals surface area (Å²) in [5.41, 5.74) is 3.34. The number of aromatic amines is 1. The molecule has 0 aliphatic heterocycles. The summed E-state index contributed by atoms with van der Waals surface area (Å²) < 4.78 is 0. The first-order valence-corrected chi connectivity index (χ1v) is 8.83. The van der Waals surface area contributed by atoms with Gasteiger partial charge in [0.15, 0.2) is 0 Å². The minimum atomic E-state index is -0.206. The van der Waals surface area contributed by atoms with Crippen LogP contribution in [0.25, 0.3) is 10.9 Å². The van der Waals surface area contributed by atoms with E-state index in [0.29, 0.717) is 22.8 Å². The summed E-state index contributed by atoms with van der Waals surface area (Å²) in [5, 5.41) is 7.20. The normalized spacial score (nSPS) is 10.7. The van der Waals surface area contributed by atoms with Gasteiger partial charge in [-0.1, -0.05) is 29.8 Å². The first kappa shape index (κ1) is 18.0. The molecule has 0 aliphatic rings. The Morgan fingerprint density at radius 3 is 2.69 bits per heavy atom. The third-order valence-electron chi connectivity index (χ3n) is 4.09. The molecule has 0 saturated carbocycles. The van der Waals surface area contributed by atoms with E-state index in [1.165, 1.54) is 17.9 Å². The summed E-state index contributed by atoms with van der Waals surface area (Å²) in [4.78, 5) is 26.8. The fourth-order valence-corrected chi connectivity index (χ4v) is 3.08. The number of hydrogen-bond donors (Lipinski definition) is 3. The number of halogens is 1. The zero-order chi connectivity index (χ0) is 18.5. The van der Waals surface area contributed by atoms with Gasteiger partial charge in [0.25, 0.3) is 0 Å². The molecule has 0 unspecified atom stereocenters. The summed E-state index contributed by atoms with van der Waals surface area (Å²) in [6.45, 7) is 1.42. The Morgan fingerprint density at radius 1 is 1.08 bits per heavy atom. The lowest BCUT2D eigenvalue weighted by atomic mass is 10.1. The third kappa shape index (κ3) is 4.43. The van der Waals surface area contributed by atoms with Crippen molar-refractivity contribution >= 4 is 45.7 Å². The second kappa shape index (κ2) is 8.06. The number of benzene rings is 2. The first-order chi connectivity index (χ1) is 12.5. The lowest BCUT2D eigenvalue weighted by Gasteiger charge is -2.12. The van der Waals surface area contributed by atoms with E-state index in [0.717, 1.165) is 18.4 Å². The van der Waals surface area contributed by atoms with E-state index in [-0.39, 0.29) is 11.8 Å². The van der Waals surface area contributed by atoms with Gasteiger partial charge in [-0.3, -0.25) is 9.59 Å². The van der Waals surface area contributed by atoms with E-state index in [1.807, 2.05) is 24.4 Å². The van der Waals surface area contributed by atoms with Crippen LogP contribution in [0.3, 0.4) is 0 Å². The Hall–Kier alpha value is -2.79. The Balaban J connectivity index is 1.59. The van der Waals surface area contributed by atoms with Crippen LogP contribution in [0.1, 0.15) is 25.3 Å². The zero-order valence-electron chi connectivity index (χ0n) is 14.4. The molecule has 0 saturated heterocycles. The van der Waals surface area contributed by atoms with Gasteiger partial charge in [-0.2, -0.15) is 0 Å². The summed E-state index contributed by atoms with van der Waals surface area (Å²) in [5.74, 6) is -0.319. The highest BCUT2D eigenvalue weighted by molar-refractivity contribution is 6.31. The molecule has 2 aromatic carbocycles. The predicted molar refractivity (Wildman–Crippen MR) is 106 cm³/mol. The van der Waals surface area contributed by atoms with Crippen molar-refractivity contribution in [3.8, 4) is 0 Å². The van der Waals surface area contributed by atoms with E-state index in [4.69, 9.17) is 11.6 Å². The van der Waals surface area contributed by atoms with Crippen LogP contribution < -0.4 is 10.6 Å². The summed E-state index contributed by atoms with van der Waals surface area (Å²) in [7, 11) is 0. The number of para-hydroxylation sites is 1. The van der Waals surface area contributed by atoms with Crippen molar-refractivity contribution in [1.29, 1.82) is 0 Å². The average Bonchev–Trinajstić information content (AvgIpc) is 3.00. The Labute approximate surface area is 156 Å². The summed E-state index contributed by atoms with van der Waals surface area (Å²) >= 11 is 6.00. The van der Waals surface area contributed by atoms with Crippen LogP contribution in [-0.2, 0) is 16.0 Å². The van der Waals surface area contributed by atoms with Crippen molar-refractivity contribution in [3.63, 3.8) is 0 Å². The molecule has 1 heterocycles. The van der Waals surface area contributed by atoms with Gasteiger partial charge in [-0.05, 0) is 42.7 Å². The lowest BCUT2D eigenvalue weighted by molar-refractivity contribution is -0.116. The number of aryl methyl sites for hydroxylation is 1. The predicted octanol–water partition coefficient (Wildman–Crippen LogP) is 4.74. The van der Waals surface area contributed by atoms with Crippen LogP contribution in [0.15, 0.2) is 48.7 Å². The number of amides is 2. The molecule has 3 N–H and O–H groups in total. The number of carbonyl (C=O) groups is 2. The van der Waals surface area contributed by atoms with E-state index >= 15 is 0 Å². The largest absolute Gasteiger partial charge is 0.361 e. The lowest BCUT2D eigenvalue weighted by Crippen LogP contribution is -2.15. The van der Waals surface area contributed by atoms with E-state index in [9.17, 15) is 9.59 Å². The van der Waals surface area contributed by atoms with Gasteiger partial charge in [0.1, 0.15) is 0 Å². The molecule has 134 valence electrons. The number of carbonyl (C=O) groups excluding carboxylic acids is 2. The molecule has 2 amide bonds. The molecular formula is C20H20ClN3O2. The molecular weight excluding hydrogens is 350 g/mol. The quantitative estimate of drug-likeness (QED) is 0.587. The van der Waals surface area contributed by atoms with Gasteiger partial charge in [-0.15, -0.1) is 0 Å². The summed E-state index contributed by atoms with van der Waals surface area (Å²) in [6.07, 6.45) is 3.91. The van der Waals surface area contributed by atoms with Crippen LogP contribution in [0.2, 0.25) is 5.02 Å². The molecule has 0 radical (unpaired) electrons. The highest BCUT2D eigenvalue weighted by Crippen LogP contribution is 2.26. The van der Waals surface area contributed by atoms with Gasteiger partial charge in [0, 0.05) is 35.5 Å². The number of hydrogen-bond acceptors (Lipinski definition) is 2. The molecule has 1 aromatic heterocycles. The van der Waals surface area contributed by atoms with Crippen molar-refractivity contribution in [1.82, 2.24) is 4.98 Å². The maximum absolute atomic E-state index is 12.3. The van der Waals surface area contributed by atoms with Crippen LogP contribution >= 0.6 is 11.6 Å². The minimum absolute atomic E-state index is 0.112. The zero-order valence-corrected chi connectivity index (χ0v) is 15.2. The van der Waals surface area contributed by atoms with Crippen LogP contribution in [0.4, 0.5) is 11.4 Å². The standard InChI is InChI=1S/C20H20ClN3O2/c1-13(25)23-18-10-9-15(21)11-19(18)24-20(26)8-4-5-14-12-22-17-7-3-2-6-16(14)17/h2-3,6-7,9-12,22H,4-5,8H2,1H3,(H,23,25)(H,24,26). The topological polar surface area (TPSA) is 74.0 Å². The highest BCUT2D eigenvalue weighted by atomic mass is 35.5. The smallest absolute Gasteiger partial charge is 0.224 e. The second-order valence-electron chi connectivity index (χ2n) is 6.13. The number of H-pyrrole nitrogens is 1. The van der Waals surface area contributed by atoms with E-state index in [1.54, 1.807) is 18.2 Å². The number of fused-ring (bicyclic) bond motifs is 1. The van der Waals surface area contributed by atoms with Gasteiger partial charge in [-0.25, -0.2) is 0 Å². The molecule has 0 bridgehead atoms. The SMILES string of the molecule is CC(=O)Nc1ccc(Cl)cc1NC(=O)CCCc1c[nH]c2ccccc12. The first-order valence-electron chi connectivity index (χ1n) is 8.45. The number of rotatable bonds is 6. The molecule has 5 nitrogen and oxygen atoms in total. The van der Waals surface area contributed by atoms with E-state index < -0.39 is 0 Å². The van der Waals surface area contributed by atoms with Gasteiger partial charge in [0.05, 0.1) is 11.4 Å². The molecule has 0 spiro atoms. The average molecular weight is 370 g/mol. The maximum Gasteiger partial charge on any atom is 0.224 e. The molecule has 0 atom stereocenters. The fraction of sp³-hybridized carbons (Fsp3) is 0.200. The Bertz CT molecular complexity index is 949. The Kier molecular flexibility index (Phi) is 5.58. The molecule has 6 heteroatoms. The van der Waals surface area contributed by atoms with Crippen molar-refractivity contribution in [2.24, 2.45) is 0 Å². The minimum Gasteiger partial charge on any atom is -0.361 e. The van der Waals surface area contributed by atoms with Crippen LogP contribution in [0, 0.1) is 0 Å². The second-order valence-corrected chi connectivity index (χ2v) is 6.57. The van der Waals surface area contributed by atoms with Gasteiger partial charge < -0.3 is 15.6 Å². The van der Waals surface area contributed by atoms with Crippen LogP contribution in [-0.4, -0.2) is 16.8 Å². The Morgan fingerprint density at radius 2 is 1.88 bits per heavy atom. The highest BCUT2D eigenvalue weighted by Gasteiger charge is 2.10. The number of aromatic nitrogens is 1. The monoisotopic (exact) mass is 369 g/mol. The molecule has 0 aliphatic carbocycles.